The van der Waals surface area contributed by atoms with Crippen molar-refractivity contribution in [2.45, 2.75) is 28.7 Å². The smallest absolute Gasteiger partial charge is 0.224 e. The highest BCUT2D eigenvalue weighted by Gasteiger charge is 2.27. The van der Waals surface area contributed by atoms with E-state index in [1.165, 1.54) is 24.3 Å². The van der Waals surface area contributed by atoms with Gasteiger partial charge >= 0.3 is 0 Å². The number of hydrogen-bond donors (Lipinski definition) is 1. The van der Waals surface area contributed by atoms with Crippen LogP contribution in [-0.2, 0) is 26.3 Å². The molecule has 0 spiro atoms. The van der Waals surface area contributed by atoms with Gasteiger partial charge in [0.2, 0.25) is 10.0 Å². The lowest BCUT2D eigenvalue weighted by molar-refractivity contribution is 0.554. The van der Waals surface area contributed by atoms with Gasteiger partial charge in [0.1, 0.15) is 0 Å². The fraction of sp³-hybridized carbons (Fsp3) is 0.250. The molecule has 0 fully saturated rings. The molecule has 23 heavy (non-hydrogen) atoms. The Bertz CT molecular complexity index is 932. The molecule has 1 aliphatic rings. The van der Waals surface area contributed by atoms with Crippen molar-refractivity contribution < 1.29 is 16.8 Å². The lowest BCUT2D eigenvalue weighted by Crippen LogP contribution is -2.27. The van der Waals surface area contributed by atoms with Crippen LogP contribution in [0.4, 0.5) is 0 Å². The van der Waals surface area contributed by atoms with E-state index in [2.05, 4.69) is 4.72 Å². The van der Waals surface area contributed by atoms with Crippen LogP contribution in [0.1, 0.15) is 23.6 Å². The standard InChI is InChI=1S/C16H17NO4S2/c1-22(18,19)13-7-9-14(10-8-13)23(20,21)17-16-11-6-12-4-2-3-5-15(12)16/h2-5,7-10,16-17H,6,11H2,1H3. The van der Waals surface area contributed by atoms with Gasteiger partial charge in [0.25, 0.3) is 0 Å². The zero-order chi connectivity index (χ0) is 16.7. The average molecular weight is 351 g/mol. The van der Waals surface area contributed by atoms with Crippen molar-refractivity contribution in [2.24, 2.45) is 0 Å². The van der Waals surface area contributed by atoms with E-state index >= 15 is 0 Å². The molecule has 3 rings (SSSR count). The molecule has 1 unspecified atom stereocenters. The number of aryl methyl sites for hydroxylation is 1. The molecular formula is C16H17NO4S2. The second kappa shape index (κ2) is 5.74. The molecule has 0 saturated carbocycles. The highest BCUT2D eigenvalue weighted by Crippen LogP contribution is 2.32. The summed E-state index contributed by atoms with van der Waals surface area (Å²) >= 11 is 0. The second-order valence-electron chi connectivity index (χ2n) is 5.65. The molecule has 2 aromatic carbocycles. The molecule has 1 N–H and O–H groups in total. The highest BCUT2D eigenvalue weighted by atomic mass is 32.2. The van der Waals surface area contributed by atoms with Gasteiger partial charge in [-0.05, 0) is 48.2 Å². The first-order chi connectivity index (χ1) is 10.8. The van der Waals surface area contributed by atoms with Crippen molar-refractivity contribution in [3.05, 3.63) is 59.7 Å². The van der Waals surface area contributed by atoms with E-state index < -0.39 is 19.9 Å². The fourth-order valence-corrected chi connectivity index (χ4v) is 4.68. The third kappa shape index (κ3) is 3.31. The van der Waals surface area contributed by atoms with E-state index in [9.17, 15) is 16.8 Å². The maximum atomic E-state index is 12.5. The molecule has 0 heterocycles. The molecule has 0 aromatic heterocycles. The summed E-state index contributed by atoms with van der Waals surface area (Å²) in [6.45, 7) is 0. The van der Waals surface area contributed by atoms with Crippen LogP contribution in [0.15, 0.2) is 58.3 Å². The summed E-state index contributed by atoms with van der Waals surface area (Å²) in [5, 5.41) is 0. The van der Waals surface area contributed by atoms with Gasteiger partial charge in [-0.3, -0.25) is 0 Å². The first kappa shape index (κ1) is 16.2. The van der Waals surface area contributed by atoms with Crippen LogP contribution in [0.3, 0.4) is 0 Å². The van der Waals surface area contributed by atoms with Gasteiger partial charge in [-0.2, -0.15) is 0 Å². The Balaban J connectivity index is 1.86. The lowest BCUT2D eigenvalue weighted by Gasteiger charge is -2.14. The molecule has 7 heteroatoms. The van der Waals surface area contributed by atoms with Crippen molar-refractivity contribution >= 4 is 19.9 Å². The molecule has 1 atom stereocenters. The minimum absolute atomic E-state index is 0.0641. The van der Waals surface area contributed by atoms with Crippen LogP contribution < -0.4 is 4.72 Å². The van der Waals surface area contributed by atoms with Crippen LogP contribution in [0.5, 0.6) is 0 Å². The van der Waals surface area contributed by atoms with Gasteiger partial charge in [-0.15, -0.1) is 0 Å². The van der Waals surface area contributed by atoms with Crippen molar-refractivity contribution in [2.75, 3.05) is 6.26 Å². The van der Waals surface area contributed by atoms with Gasteiger partial charge < -0.3 is 0 Å². The van der Waals surface area contributed by atoms with E-state index in [0.717, 1.165) is 30.2 Å². The zero-order valence-electron chi connectivity index (χ0n) is 12.6. The number of fused-ring (bicyclic) bond motifs is 1. The van der Waals surface area contributed by atoms with Crippen molar-refractivity contribution in [3.8, 4) is 0 Å². The first-order valence-corrected chi connectivity index (χ1v) is 10.5. The molecular weight excluding hydrogens is 334 g/mol. The van der Waals surface area contributed by atoms with Crippen molar-refractivity contribution in [1.29, 1.82) is 0 Å². The predicted molar refractivity (Wildman–Crippen MR) is 87.4 cm³/mol. The summed E-state index contributed by atoms with van der Waals surface area (Å²) < 4.78 is 50.6. The second-order valence-corrected chi connectivity index (χ2v) is 9.38. The minimum atomic E-state index is -3.69. The molecule has 0 aliphatic heterocycles. The Morgan fingerprint density at radius 2 is 1.52 bits per heavy atom. The summed E-state index contributed by atoms with van der Waals surface area (Å²) in [4.78, 5) is 0.164. The van der Waals surface area contributed by atoms with Gasteiger partial charge in [0.05, 0.1) is 9.79 Å². The summed E-state index contributed by atoms with van der Waals surface area (Å²) in [7, 11) is -7.04. The van der Waals surface area contributed by atoms with E-state index in [-0.39, 0.29) is 15.8 Å². The van der Waals surface area contributed by atoms with Gasteiger partial charge in [0, 0.05) is 12.3 Å². The average Bonchev–Trinajstić information content (AvgIpc) is 2.89. The summed E-state index contributed by atoms with van der Waals surface area (Å²) in [6.07, 6.45) is 2.65. The van der Waals surface area contributed by atoms with E-state index in [1.807, 2.05) is 24.3 Å². The Morgan fingerprint density at radius 1 is 0.913 bits per heavy atom. The van der Waals surface area contributed by atoms with E-state index in [4.69, 9.17) is 0 Å². The maximum absolute atomic E-state index is 12.5. The highest BCUT2D eigenvalue weighted by molar-refractivity contribution is 7.90. The Hall–Kier alpha value is -1.70. The third-order valence-corrected chi connectivity index (χ3v) is 6.61. The summed E-state index contributed by atoms with van der Waals surface area (Å²) in [5.41, 5.74) is 2.16. The number of sulfone groups is 1. The SMILES string of the molecule is CS(=O)(=O)c1ccc(S(=O)(=O)NC2CCc3ccccc32)cc1. The van der Waals surface area contributed by atoms with Crippen LogP contribution >= 0.6 is 0 Å². The van der Waals surface area contributed by atoms with Gasteiger partial charge in [-0.25, -0.2) is 21.6 Å². The largest absolute Gasteiger partial charge is 0.241 e. The molecule has 0 amide bonds. The molecule has 0 bridgehead atoms. The van der Waals surface area contributed by atoms with Gasteiger partial charge in [-0.1, -0.05) is 24.3 Å². The quantitative estimate of drug-likeness (QED) is 0.914. The number of benzene rings is 2. The molecule has 122 valence electrons. The normalized spacial score (nSPS) is 17.9. The predicted octanol–water partition coefficient (Wildman–Crippen LogP) is 2.06. The lowest BCUT2D eigenvalue weighted by atomic mass is 10.1. The van der Waals surface area contributed by atoms with Crippen LogP contribution in [0, 0.1) is 0 Å². The molecule has 1 aliphatic carbocycles. The van der Waals surface area contributed by atoms with Crippen LogP contribution in [0.25, 0.3) is 0 Å². The summed E-state index contributed by atoms with van der Waals surface area (Å²) in [5.74, 6) is 0. The van der Waals surface area contributed by atoms with E-state index in [0.29, 0.717) is 0 Å². The van der Waals surface area contributed by atoms with Crippen LogP contribution in [-0.4, -0.2) is 23.1 Å². The topological polar surface area (TPSA) is 80.3 Å². The molecule has 2 aromatic rings. The Kier molecular flexibility index (Phi) is 4.03. The van der Waals surface area contributed by atoms with Crippen molar-refractivity contribution in [3.63, 3.8) is 0 Å². The molecule has 0 radical (unpaired) electrons. The number of rotatable bonds is 4. The number of hydrogen-bond acceptors (Lipinski definition) is 4. The van der Waals surface area contributed by atoms with Gasteiger partial charge in [0.15, 0.2) is 9.84 Å². The fourth-order valence-electron chi connectivity index (χ4n) is 2.80. The van der Waals surface area contributed by atoms with Crippen molar-refractivity contribution in [1.82, 2.24) is 4.72 Å². The molecule has 0 saturated heterocycles. The van der Waals surface area contributed by atoms with E-state index in [1.54, 1.807) is 0 Å². The first-order valence-electron chi connectivity index (χ1n) is 7.18. The maximum Gasteiger partial charge on any atom is 0.241 e. The molecule has 5 nitrogen and oxygen atoms in total. The number of sulfonamides is 1. The summed E-state index contributed by atoms with van der Waals surface area (Å²) in [6, 6.07) is 12.8. The Labute approximate surface area is 136 Å². The number of nitrogens with one attached hydrogen (secondary N) is 1. The zero-order valence-corrected chi connectivity index (χ0v) is 14.2. The Morgan fingerprint density at radius 3 is 2.17 bits per heavy atom. The minimum Gasteiger partial charge on any atom is -0.224 e. The third-order valence-electron chi connectivity index (χ3n) is 3.99. The van der Waals surface area contributed by atoms with Crippen LogP contribution in [0.2, 0.25) is 0 Å². The monoisotopic (exact) mass is 351 g/mol.